The van der Waals surface area contributed by atoms with Crippen molar-refractivity contribution in [1.29, 1.82) is 0 Å². The molecular formula is C24H27ClF3N5O3S. The molecule has 0 spiro atoms. The zero-order valence-corrected chi connectivity index (χ0v) is 21.6. The third-order valence-corrected chi connectivity index (χ3v) is 7.36. The van der Waals surface area contributed by atoms with Gasteiger partial charge in [0.25, 0.3) is 0 Å². The average molecular weight is 558 g/mol. The number of H-pyrrole nitrogens is 1. The van der Waals surface area contributed by atoms with E-state index in [-0.39, 0.29) is 34.8 Å². The zero-order valence-electron chi connectivity index (χ0n) is 20.1. The predicted molar refractivity (Wildman–Crippen MR) is 135 cm³/mol. The molecule has 0 saturated carbocycles. The molecule has 3 N–H and O–H groups in total. The molecule has 0 radical (unpaired) electrons. The molecule has 1 fully saturated rings. The molecule has 2 heterocycles. The van der Waals surface area contributed by atoms with Gasteiger partial charge >= 0.3 is 6.18 Å². The summed E-state index contributed by atoms with van der Waals surface area (Å²) in [5.74, 6) is 1.01. The number of ether oxygens (including phenoxy) is 1. The van der Waals surface area contributed by atoms with Crippen molar-refractivity contribution in [2.75, 3.05) is 37.4 Å². The van der Waals surface area contributed by atoms with Crippen LogP contribution >= 0.6 is 11.6 Å². The zero-order chi connectivity index (χ0) is 26.8. The molecule has 0 unspecified atom stereocenters. The molecule has 13 heteroatoms. The lowest BCUT2D eigenvalue weighted by molar-refractivity contribution is -0.137. The lowest BCUT2D eigenvalue weighted by Crippen LogP contribution is -2.40. The standard InChI is InChI=1S/C24H27ClF3N5O3S/c1-37(34,35)11-10-33-8-6-18(7-9-33)36-17-4-2-16(3-5-17)22-19(24(26,27)28)12-15(13-20(22)25)14-21-30-23(29)32-31-21/h2-5,12-13,18H,6-11,14H2,1H3,(H3,29,30,31,32). The maximum atomic E-state index is 14.0. The van der Waals surface area contributed by atoms with Gasteiger partial charge in [0.1, 0.15) is 27.5 Å². The van der Waals surface area contributed by atoms with Crippen molar-refractivity contribution in [3.8, 4) is 16.9 Å². The summed E-state index contributed by atoms with van der Waals surface area (Å²) in [6, 6.07) is 8.92. The third-order valence-electron chi connectivity index (χ3n) is 6.13. The monoisotopic (exact) mass is 557 g/mol. The van der Waals surface area contributed by atoms with E-state index in [9.17, 15) is 21.6 Å². The Balaban J connectivity index is 1.46. The minimum atomic E-state index is -4.63. The first kappa shape index (κ1) is 27.2. The number of benzene rings is 2. The fraction of sp³-hybridized carbons (Fsp3) is 0.417. The molecule has 0 atom stereocenters. The molecule has 0 aliphatic carbocycles. The third kappa shape index (κ3) is 7.36. The molecule has 2 aromatic carbocycles. The number of nitrogens with zero attached hydrogens (tertiary/aromatic N) is 3. The van der Waals surface area contributed by atoms with Crippen LogP contribution in [0, 0.1) is 0 Å². The molecule has 8 nitrogen and oxygen atoms in total. The van der Waals surface area contributed by atoms with Crippen molar-refractivity contribution in [2.45, 2.75) is 31.5 Å². The molecule has 3 aromatic rings. The van der Waals surface area contributed by atoms with E-state index in [2.05, 4.69) is 20.1 Å². The van der Waals surface area contributed by atoms with Crippen LogP contribution < -0.4 is 10.5 Å². The highest BCUT2D eigenvalue weighted by molar-refractivity contribution is 7.90. The van der Waals surface area contributed by atoms with Crippen LogP contribution in [0.5, 0.6) is 5.75 Å². The average Bonchev–Trinajstić information content (AvgIpc) is 3.22. The molecule has 1 saturated heterocycles. The first-order chi connectivity index (χ1) is 17.4. The lowest BCUT2D eigenvalue weighted by atomic mass is 9.95. The van der Waals surface area contributed by atoms with Gasteiger partial charge in [-0.3, -0.25) is 5.10 Å². The summed E-state index contributed by atoms with van der Waals surface area (Å²) in [6.45, 7) is 1.93. The minimum absolute atomic E-state index is 0.00793. The quantitative estimate of drug-likeness (QED) is 0.426. The van der Waals surface area contributed by atoms with Crippen molar-refractivity contribution < 1.29 is 26.3 Å². The smallest absolute Gasteiger partial charge is 0.417 e. The van der Waals surface area contributed by atoms with E-state index in [1.807, 2.05) is 0 Å². The number of hydrogen-bond donors (Lipinski definition) is 2. The van der Waals surface area contributed by atoms with E-state index >= 15 is 0 Å². The highest BCUT2D eigenvalue weighted by Gasteiger charge is 2.35. The van der Waals surface area contributed by atoms with Gasteiger partial charge in [-0.25, -0.2) is 8.42 Å². The van der Waals surface area contributed by atoms with Crippen molar-refractivity contribution in [3.63, 3.8) is 0 Å². The number of piperidine rings is 1. The summed E-state index contributed by atoms with van der Waals surface area (Å²) < 4.78 is 70.8. The largest absolute Gasteiger partial charge is 0.490 e. The van der Waals surface area contributed by atoms with E-state index in [1.54, 1.807) is 24.3 Å². The van der Waals surface area contributed by atoms with Crippen LogP contribution in [0.25, 0.3) is 11.1 Å². The van der Waals surface area contributed by atoms with Gasteiger partial charge in [0.05, 0.1) is 11.3 Å². The number of alkyl halides is 3. The normalized spacial score (nSPS) is 15.7. The summed E-state index contributed by atoms with van der Waals surface area (Å²) in [7, 11) is -3.01. The number of nitrogens with one attached hydrogen (secondary N) is 1. The van der Waals surface area contributed by atoms with Crippen LogP contribution in [0.15, 0.2) is 36.4 Å². The SMILES string of the molecule is CS(=O)(=O)CCN1CCC(Oc2ccc(-c3c(Cl)cc(Cc4nc(N)n[nH]4)cc3C(F)(F)F)cc2)CC1. The number of aromatic amines is 1. The highest BCUT2D eigenvalue weighted by atomic mass is 35.5. The van der Waals surface area contributed by atoms with Gasteiger partial charge in [0, 0.05) is 42.9 Å². The van der Waals surface area contributed by atoms with Gasteiger partial charge in [-0.15, -0.1) is 5.10 Å². The maximum Gasteiger partial charge on any atom is 0.417 e. The second kappa shape index (κ2) is 10.9. The Kier molecular flexibility index (Phi) is 8.00. The summed E-state index contributed by atoms with van der Waals surface area (Å²) in [5.41, 5.74) is 5.15. The van der Waals surface area contributed by atoms with Crippen LogP contribution in [-0.2, 0) is 22.4 Å². The Morgan fingerprint density at radius 1 is 1.19 bits per heavy atom. The Hall–Kier alpha value is -2.83. The van der Waals surface area contributed by atoms with Crippen LogP contribution in [0.2, 0.25) is 5.02 Å². The van der Waals surface area contributed by atoms with E-state index in [0.29, 0.717) is 29.2 Å². The molecule has 4 rings (SSSR count). The summed E-state index contributed by atoms with van der Waals surface area (Å²) in [6.07, 6.45) is -1.94. The first-order valence-corrected chi connectivity index (χ1v) is 14.0. The second-order valence-corrected chi connectivity index (χ2v) is 11.8. The van der Waals surface area contributed by atoms with Crippen molar-refractivity contribution in [3.05, 3.63) is 58.4 Å². The molecule has 37 heavy (non-hydrogen) atoms. The van der Waals surface area contributed by atoms with E-state index in [0.717, 1.165) is 32.0 Å². The number of aromatic nitrogens is 3. The van der Waals surface area contributed by atoms with Gasteiger partial charge in [0.15, 0.2) is 0 Å². The summed E-state index contributed by atoms with van der Waals surface area (Å²) in [4.78, 5) is 6.02. The van der Waals surface area contributed by atoms with Gasteiger partial charge in [0.2, 0.25) is 5.95 Å². The van der Waals surface area contributed by atoms with Crippen molar-refractivity contribution in [2.24, 2.45) is 0 Å². The number of nitrogens with two attached hydrogens (primary N) is 1. The summed E-state index contributed by atoms with van der Waals surface area (Å²) in [5, 5.41) is 6.24. The molecule has 200 valence electrons. The van der Waals surface area contributed by atoms with Crippen LogP contribution in [0.3, 0.4) is 0 Å². The number of halogens is 4. The molecule has 1 aliphatic rings. The van der Waals surface area contributed by atoms with Gasteiger partial charge < -0.3 is 15.4 Å². The van der Waals surface area contributed by atoms with E-state index in [4.69, 9.17) is 22.1 Å². The van der Waals surface area contributed by atoms with E-state index in [1.165, 1.54) is 12.3 Å². The molecular weight excluding hydrogens is 531 g/mol. The lowest BCUT2D eigenvalue weighted by Gasteiger charge is -2.32. The predicted octanol–water partition coefficient (Wildman–Crippen LogP) is 4.20. The van der Waals surface area contributed by atoms with Crippen LogP contribution in [0.4, 0.5) is 19.1 Å². The Morgan fingerprint density at radius 3 is 2.43 bits per heavy atom. The number of anilines is 1. The van der Waals surface area contributed by atoms with E-state index < -0.39 is 21.6 Å². The number of rotatable bonds is 8. The Morgan fingerprint density at radius 2 is 1.86 bits per heavy atom. The fourth-order valence-corrected chi connectivity index (χ4v) is 5.24. The maximum absolute atomic E-state index is 14.0. The number of sulfone groups is 1. The summed E-state index contributed by atoms with van der Waals surface area (Å²) >= 11 is 6.36. The van der Waals surface area contributed by atoms with Gasteiger partial charge in [-0.2, -0.15) is 18.2 Å². The van der Waals surface area contributed by atoms with Crippen LogP contribution in [-0.4, -0.2) is 66.2 Å². The highest BCUT2D eigenvalue weighted by Crippen LogP contribution is 2.42. The molecule has 0 amide bonds. The fourth-order valence-electron chi connectivity index (χ4n) is 4.30. The topological polar surface area (TPSA) is 114 Å². The number of likely N-dealkylation sites (tertiary alicyclic amines) is 1. The molecule has 0 bridgehead atoms. The molecule has 1 aliphatic heterocycles. The van der Waals surface area contributed by atoms with Crippen molar-refractivity contribution in [1.82, 2.24) is 20.1 Å². The first-order valence-electron chi connectivity index (χ1n) is 11.6. The number of nitrogen functional groups attached to an aromatic ring is 1. The number of hydrogen-bond acceptors (Lipinski definition) is 7. The van der Waals surface area contributed by atoms with Gasteiger partial charge in [-0.1, -0.05) is 23.7 Å². The van der Waals surface area contributed by atoms with Gasteiger partial charge in [-0.05, 0) is 48.2 Å². The van der Waals surface area contributed by atoms with Crippen molar-refractivity contribution >= 4 is 27.4 Å². The second-order valence-electron chi connectivity index (χ2n) is 9.13. The van der Waals surface area contributed by atoms with Crippen LogP contribution in [0.1, 0.15) is 29.8 Å². The molecule has 1 aromatic heterocycles. The minimum Gasteiger partial charge on any atom is -0.490 e. The Bertz CT molecular complexity index is 1340. The Labute approximate surface area is 217 Å².